The topological polar surface area (TPSA) is 130 Å². The van der Waals surface area contributed by atoms with E-state index in [9.17, 15) is 26.7 Å². The Bertz CT molecular complexity index is 1160. The third-order valence-electron chi connectivity index (χ3n) is 3.99. The van der Waals surface area contributed by atoms with Gasteiger partial charge in [0, 0.05) is 12.0 Å². The standard InChI is InChI=1S/C17H18N2O7S2/c1-11-3-5-13(16(7-11)26-27(2,22)23)8-12-4-6-14(15(20)9-12)19-10-17(21)18-28(19,24)25/h3-7,9,20H,8,10H2,1-2H3,(H,18,21). The van der Waals surface area contributed by atoms with Crippen LogP contribution in [0.25, 0.3) is 0 Å². The second-order valence-corrected chi connectivity index (χ2v) is 9.61. The number of aryl methyl sites for hydroxylation is 1. The molecule has 0 saturated carbocycles. The normalized spacial score (nSPS) is 16.1. The number of hydrogen-bond donors (Lipinski definition) is 2. The van der Waals surface area contributed by atoms with Crippen LogP contribution in [0.1, 0.15) is 16.7 Å². The molecule has 0 aliphatic carbocycles. The van der Waals surface area contributed by atoms with Gasteiger partial charge < -0.3 is 9.29 Å². The molecule has 2 N–H and O–H groups in total. The Morgan fingerprint density at radius 3 is 2.50 bits per heavy atom. The van der Waals surface area contributed by atoms with Gasteiger partial charge in [-0.25, -0.2) is 9.03 Å². The van der Waals surface area contributed by atoms with E-state index in [4.69, 9.17) is 4.18 Å². The summed E-state index contributed by atoms with van der Waals surface area (Å²) in [6.45, 7) is 1.38. The Morgan fingerprint density at radius 1 is 1.21 bits per heavy atom. The molecule has 1 saturated heterocycles. The highest BCUT2D eigenvalue weighted by atomic mass is 32.2. The first-order valence-corrected chi connectivity index (χ1v) is 11.3. The predicted octanol–water partition coefficient (Wildman–Crippen LogP) is 0.811. The maximum Gasteiger partial charge on any atom is 0.326 e. The number of aromatic hydroxyl groups is 1. The zero-order valence-electron chi connectivity index (χ0n) is 15.0. The summed E-state index contributed by atoms with van der Waals surface area (Å²) >= 11 is 0. The van der Waals surface area contributed by atoms with Gasteiger partial charge in [-0.15, -0.1) is 0 Å². The zero-order valence-corrected chi connectivity index (χ0v) is 16.7. The lowest BCUT2D eigenvalue weighted by molar-refractivity contribution is -0.117. The molecule has 0 atom stereocenters. The SMILES string of the molecule is Cc1ccc(Cc2ccc(N3CC(=O)NS3(=O)=O)c(O)c2)c(OS(C)(=O)=O)c1. The number of anilines is 1. The van der Waals surface area contributed by atoms with Gasteiger partial charge in [0.25, 0.3) is 5.91 Å². The zero-order chi connectivity index (χ0) is 20.7. The van der Waals surface area contributed by atoms with Crippen LogP contribution in [-0.4, -0.2) is 40.6 Å². The Morgan fingerprint density at radius 2 is 1.93 bits per heavy atom. The average Bonchev–Trinajstić information content (AvgIpc) is 2.81. The average molecular weight is 426 g/mol. The number of phenolic OH excluding ortho intramolecular Hbond substituents is 1. The molecular weight excluding hydrogens is 408 g/mol. The van der Waals surface area contributed by atoms with Crippen molar-refractivity contribution in [1.29, 1.82) is 0 Å². The van der Waals surface area contributed by atoms with Gasteiger partial charge in [0.05, 0.1) is 11.9 Å². The number of benzene rings is 2. The smallest absolute Gasteiger partial charge is 0.326 e. The largest absolute Gasteiger partial charge is 0.506 e. The number of carbonyl (C=O) groups excluding carboxylic acids is 1. The molecular formula is C17H18N2O7S2. The van der Waals surface area contributed by atoms with Crippen molar-refractivity contribution in [2.45, 2.75) is 13.3 Å². The van der Waals surface area contributed by atoms with Gasteiger partial charge in [-0.2, -0.15) is 16.8 Å². The van der Waals surface area contributed by atoms with Crippen molar-refractivity contribution in [3.05, 3.63) is 53.1 Å². The fourth-order valence-corrected chi connectivity index (χ4v) is 4.46. The molecule has 2 aromatic carbocycles. The fraction of sp³-hybridized carbons (Fsp3) is 0.235. The number of hydrogen-bond acceptors (Lipinski definition) is 7. The molecule has 0 aromatic heterocycles. The molecule has 1 heterocycles. The minimum Gasteiger partial charge on any atom is -0.506 e. The van der Waals surface area contributed by atoms with E-state index in [1.165, 1.54) is 12.1 Å². The molecule has 28 heavy (non-hydrogen) atoms. The minimum absolute atomic E-state index is 0.0291. The van der Waals surface area contributed by atoms with Crippen LogP contribution in [0.3, 0.4) is 0 Å². The molecule has 1 fully saturated rings. The minimum atomic E-state index is -4.03. The van der Waals surface area contributed by atoms with Crippen LogP contribution in [0.2, 0.25) is 0 Å². The number of nitrogens with zero attached hydrogens (tertiary/aromatic N) is 1. The number of amides is 1. The van der Waals surface area contributed by atoms with Gasteiger partial charge in [0.1, 0.15) is 18.0 Å². The summed E-state index contributed by atoms with van der Waals surface area (Å²) in [6.07, 6.45) is 1.19. The molecule has 1 aliphatic heterocycles. The summed E-state index contributed by atoms with van der Waals surface area (Å²) in [5.41, 5.74) is 1.96. The molecule has 0 radical (unpaired) electrons. The van der Waals surface area contributed by atoms with Crippen LogP contribution in [0.5, 0.6) is 11.5 Å². The summed E-state index contributed by atoms with van der Waals surface area (Å²) in [5.74, 6) is -0.830. The maximum absolute atomic E-state index is 11.9. The number of carbonyl (C=O) groups is 1. The molecule has 9 nitrogen and oxygen atoms in total. The van der Waals surface area contributed by atoms with E-state index >= 15 is 0 Å². The van der Waals surface area contributed by atoms with Gasteiger partial charge in [0.2, 0.25) is 0 Å². The number of nitrogens with one attached hydrogen (secondary N) is 1. The molecule has 0 spiro atoms. The fourth-order valence-electron chi connectivity index (χ4n) is 2.82. The Kier molecular flexibility index (Phi) is 4.98. The summed E-state index contributed by atoms with van der Waals surface area (Å²) in [7, 11) is -7.74. The summed E-state index contributed by atoms with van der Waals surface area (Å²) < 4.78 is 54.5. The Hall–Kier alpha value is -2.79. The van der Waals surface area contributed by atoms with E-state index in [0.29, 0.717) is 11.1 Å². The van der Waals surface area contributed by atoms with Crippen molar-refractivity contribution < 1.29 is 30.9 Å². The molecule has 150 valence electrons. The summed E-state index contributed by atoms with van der Waals surface area (Å²) in [5, 5.41) is 10.3. The number of phenols is 1. The first-order chi connectivity index (χ1) is 12.9. The maximum atomic E-state index is 11.9. The molecule has 11 heteroatoms. The van der Waals surface area contributed by atoms with E-state index in [1.807, 2.05) is 4.72 Å². The van der Waals surface area contributed by atoms with Gasteiger partial charge in [-0.1, -0.05) is 18.2 Å². The highest BCUT2D eigenvalue weighted by molar-refractivity contribution is 7.92. The van der Waals surface area contributed by atoms with Gasteiger partial charge in [0.15, 0.2) is 0 Å². The van der Waals surface area contributed by atoms with Crippen LogP contribution in [-0.2, 0) is 31.5 Å². The predicted molar refractivity (Wildman–Crippen MR) is 102 cm³/mol. The van der Waals surface area contributed by atoms with Crippen molar-refractivity contribution in [1.82, 2.24) is 4.72 Å². The van der Waals surface area contributed by atoms with Gasteiger partial charge in [-0.3, -0.25) is 4.79 Å². The van der Waals surface area contributed by atoms with E-state index in [-0.39, 0.29) is 23.6 Å². The van der Waals surface area contributed by atoms with E-state index < -0.39 is 32.8 Å². The lowest BCUT2D eigenvalue weighted by Gasteiger charge is -2.17. The van der Waals surface area contributed by atoms with Crippen molar-refractivity contribution in [3.63, 3.8) is 0 Å². The van der Waals surface area contributed by atoms with Crippen LogP contribution < -0.4 is 13.2 Å². The molecule has 1 aliphatic rings. The Balaban J connectivity index is 1.91. The van der Waals surface area contributed by atoms with Crippen molar-refractivity contribution in [3.8, 4) is 11.5 Å². The molecule has 3 rings (SSSR count). The van der Waals surface area contributed by atoms with Crippen LogP contribution in [0.15, 0.2) is 36.4 Å². The van der Waals surface area contributed by atoms with Crippen molar-refractivity contribution in [2.24, 2.45) is 0 Å². The van der Waals surface area contributed by atoms with Crippen molar-refractivity contribution in [2.75, 3.05) is 17.1 Å². The molecule has 0 unspecified atom stereocenters. The summed E-state index contributed by atoms with van der Waals surface area (Å²) in [4.78, 5) is 11.4. The van der Waals surface area contributed by atoms with E-state index in [2.05, 4.69) is 0 Å². The van der Waals surface area contributed by atoms with Crippen molar-refractivity contribution >= 4 is 31.9 Å². The molecule has 0 bridgehead atoms. The lowest BCUT2D eigenvalue weighted by Crippen LogP contribution is -2.29. The van der Waals surface area contributed by atoms with Crippen LogP contribution >= 0.6 is 0 Å². The third-order valence-corrected chi connectivity index (χ3v) is 5.86. The van der Waals surface area contributed by atoms with E-state index in [0.717, 1.165) is 16.1 Å². The first kappa shape index (κ1) is 20.0. The third kappa shape index (κ3) is 4.37. The quantitative estimate of drug-likeness (QED) is 0.677. The second-order valence-electron chi connectivity index (χ2n) is 6.44. The monoisotopic (exact) mass is 426 g/mol. The van der Waals surface area contributed by atoms with Gasteiger partial charge in [-0.05, 0) is 36.2 Å². The highest BCUT2D eigenvalue weighted by Crippen LogP contribution is 2.33. The summed E-state index contributed by atoms with van der Waals surface area (Å²) in [6, 6.07) is 9.43. The molecule has 1 amide bonds. The van der Waals surface area contributed by atoms with Gasteiger partial charge >= 0.3 is 20.3 Å². The van der Waals surface area contributed by atoms with Crippen LogP contribution in [0.4, 0.5) is 5.69 Å². The second kappa shape index (κ2) is 6.99. The van der Waals surface area contributed by atoms with Crippen LogP contribution in [0, 0.1) is 6.92 Å². The van der Waals surface area contributed by atoms with E-state index in [1.54, 1.807) is 31.2 Å². The highest BCUT2D eigenvalue weighted by Gasteiger charge is 2.35. The first-order valence-electron chi connectivity index (χ1n) is 8.09. The number of rotatable bonds is 5. The molecule has 2 aromatic rings. The Labute approximate surface area is 162 Å². The lowest BCUT2D eigenvalue weighted by atomic mass is 10.0.